The van der Waals surface area contributed by atoms with Crippen molar-refractivity contribution in [3.8, 4) is 0 Å². The van der Waals surface area contributed by atoms with E-state index in [-0.39, 0.29) is 5.91 Å². The van der Waals surface area contributed by atoms with Gasteiger partial charge in [-0.15, -0.1) is 0 Å². The van der Waals surface area contributed by atoms with Crippen molar-refractivity contribution >= 4 is 28.8 Å². The molecule has 3 aromatic heterocycles. The summed E-state index contributed by atoms with van der Waals surface area (Å²) >= 11 is 6.03. The molecule has 0 aliphatic heterocycles. The lowest BCUT2D eigenvalue weighted by atomic mass is 10.2. The molecule has 0 fully saturated rings. The number of anilines is 1. The van der Waals surface area contributed by atoms with E-state index in [4.69, 9.17) is 11.6 Å². The maximum absolute atomic E-state index is 13.1. The van der Waals surface area contributed by atoms with Crippen molar-refractivity contribution in [1.29, 1.82) is 0 Å². The van der Waals surface area contributed by atoms with E-state index in [0.29, 0.717) is 28.5 Å². The zero-order chi connectivity index (χ0) is 18.1. The summed E-state index contributed by atoms with van der Waals surface area (Å²) in [5.41, 5.74) is 2.07. The minimum absolute atomic E-state index is 0.323. The second-order valence-corrected chi connectivity index (χ2v) is 5.97. The molecular weight excluding hydrogens is 359 g/mol. The van der Waals surface area contributed by atoms with Crippen molar-refractivity contribution < 1.29 is 9.18 Å². The summed E-state index contributed by atoms with van der Waals surface area (Å²) in [6.07, 6.45) is 7.95. The first-order valence-electron chi connectivity index (χ1n) is 7.66. The number of benzene rings is 1. The summed E-state index contributed by atoms with van der Waals surface area (Å²) in [7, 11) is 0. The molecule has 0 aliphatic carbocycles. The smallest absolute Gasteiger partial charge is 0.261 e. The largest absolute Gasteiger partial charge is 0.319 e. The van der Waals surface area contributed by atoms with E-state index in [1.54, 1.807) is 35.4 Å². The van der Waals surface area contributed by atoms with Gasteiger partial charge < -0.3 is 5.32 Å². The maximum Gasteiger partial charge on any atom is 0.261 e. The first kappa shape index (κ1) is 16.2. The van der Waals surface area contributed by atoms with Crippen molar-refractivity contribution in [2.75, 3.05) is 5.32 Å². The molecule has 4 aromatic rings. The van der Waals surface area contributed by atoms with Crippen molar-refractivity contribution in [2.45, 2.75) is 6.54 Å². The molecule has 3 heterocycles. The zero-order valence-corrected chi connectivity index (χ0v) is 14.1. The number of nitrogens with zero attached hydrogens (tertiary/aromatic N) is 5. The fraction of sp³-hybridized carbons (Fsp3) is 0.0588. The number of rotatable bonds is 4. The highest BCUT2D eigenvalue weighted by Gasteiger charge is 2.14. The lowest BCUT2D eigenvalue weighted by molar-refractivity contribution is 0.102. The lowest BCUT2D eigenvalue weighted by Crippen LogP contribution is -2.11. The molecule has 0 unspecified atom stereocenters. The lowest BCUT2D eigenvalue weighted by Gasteiger charge is -2.04. The van der Waals surface area contributed by atoms with Crippen LogP contribution in [-0.4, -0.2) is 30.3 Å². The van der Waals surface area contributed by atoms with E-state index in [9.17, 15) is 9.18 Å². The third-order valence-corrected chi connectivity index (χ3v) is 4.11. The van der Waals surface area contributed by atoms with Crippen LogP contribution in [0.4, 0.5) is 10.1 Å². The molecule has 0 radical (unpaired) electrons. The van der Waals surface area contributed by atoms with Gasteiger partial charge in [-0.3, -0.25) is 9.48 Å². The normalized spacial score (nSPS) is 11.0. The highest BCUT2D eigenvalue weighted by atomic mass is 35.5. The molecule has 1 N–H and O–H groups in total. The number of carbonyl (C=O) groups is 1. The summed E-state index contributed by atoms with van der Waals surface area (Å²) in [4.78, 5) is 16.6. The summed E-state index contributed by atoms with van der Waals surface area (Å²) < 4.78 is 16.2. The monoisotopic (exact) mass is 370 g/mol. The van der Waals surface area contributed by atoms with Crippen LogP contribution in [0.2, 0.25) is 5.02 Å². The van der Waals surface area contributed by atoms with Crippen LogP contribution >= 0.6 is 11.6 Å². The molecule has 130 valence electrons. The number of hydrogen-bond donors (Lipinski definition) is 1. The maximum atomic E-state index is 13.1. The van der Waals surface area contributed by atoms with Crippen molar-refractivity contribution in [3.63, 3.8) is 0 Å². The predicted octanol–water partition coefficient (Wildman–Crippen LogP) is 3.02. The molecule has 0 atom stereocenters. The number of hydrogen-bond acceptors (Lipinski definition) is 4. The van der Waals surface area contributed by atoms with Crippen LogP contribution in [0.25, 0.3) is 5.65 Å². The Kier molecular flexibility index (Phi) is 4.10. The van der Waals surface area contributed by atoms with Crippen LogP contribution in [0.5, 0.6) is 0 Å². The second kappa shape index (κ2) is 6.57. The highest BCUT2D eigenvalue weighted by molar-refractivity contribution is 6.31. The van der Waals surface area contributed by atoms with Crippen LogP contribution < -0.4 is 5.32 Å². The Morgan fingerprint density at radius 3 is 3.00 bits per heavy atom. The molecule has 4 rings (SSSR count). The van der Waals surface area contributed by atoms with Gasteiger partial charge in [-0.25, -0.2) is 13.9 Å². The van der Waals surface area contributed by atoms with Gasteiger partial charge in [0.25, 0.3) is 5.91 Å². The minimum atomic E-state index is -0.394. The third kappa shape index (κ3) is 3.14. The quantitative estimate of drug-likeness (QED) is 0.599. The van der Waals surface area contributed by atoms with E-state index in [2.05, 4.69) is 20.5 Å². The van der Waals surface area contributed by atoms with Gasteiger partial charge in [-0.2, -0.15) is 10.2 Å². The number of amides is 1. The number of nitrogens with one attached hydrogen (secondary N) is 1. The zero-order valence-electron chi connectivity index (χ0n) is 13.3. The Bertz CT molecular complexity index is 1110. The van der Waals surface area contributed by atoms with Gasteiger partial charge in [0.05, 0.1) is 24.6 Å². The summed E-state index contributed by atoms with van der Waals surface area (Å²) in [6, 6.07) is 5.92. The molecular formula is C17H12ClFN6O. The van der Waals surface area contributed by atoms with Gasteiger partial charge in [0.1, 0.15) is 11.4 Å². The Hall–Kier alpha value is -3.26. The Labute approximate surface area is 152 Å². The van der Waals surface area contributed by atoms with Crippen LogP contribution in [0.3, 0.4) is 0 Å². The van der Waals surface area contributed by atoms with Gasteiger partial charge in [-0.1, -0.05) is 17.7 Å². The summed E-state index contributed by atoms with van der Waals surface area (Å²) in [5, 5.41) is 11.4. The standard InChI is InChI=1S/C17H12ClFN6O/c18-15-6-12(19)3-2-11(15)9-24-10-13(7-21-24)23-17(26)14-8-22-25-5-1-4-20-16(14)25/h1-8,10H,9H2,(H,23,26). The summed E-state index contributed by atoms with van der Waals surface area (Å²) in [6.45, 7) is 0.354. The summed E-state index contributed by atoms with van der Waals surface area (Å²) in [5.74, 6) is -0.729. The first-order valence-corrected chi connectivity index (χ1v) is 8.04. The van der Waals surface area contributed by atoms with Crippen LogP contribution in [-0.2, 0) is 6.54 Å². The fourth-order valence-electron chi connectivity index (χ4n) is 2.52. The van der Waals surface area contributed by atoms with Crippen LogP contribution in [0, 0.1) is 5.82 Å². The highest BCUT2D eigenvalue weighted by Crippen LogP contribution is 2.19. The van der Waals surface area contributed by atoms with Gasteiger partial charge >= 0.3 is 0 Å². The second-order valence-electron chi connectivity index (χ2n) is 5.56. The van der Waals surface area contributed by atoms with E-state index >= 15 is 0 Å². The Morgan fingerprint density at radius 1 is 1.27 bits per heavy atom. The molecule has 9 heteroatoms. The average Bonchev–Trinajstić information content (AvgIpc) is 3.24. The van der Waals surface area contributed by atoms with Crippen LogP contribution in [0.1, 0.15) is 15.9 Å². The van der Waals surface area contributed by atoms with Crippen molar-refractivity contribution in [2.24, 2.45) is 0 Å². The Balaban J connectivity index is 1.50. The van der Waals surface area contributed by atoms with Gasteiger partial charge in [-0.05, 0) is 23.8 Å². The van der Waals surface area contributed by atoms with E-state index < -0.39 is 5.82 Å². The number of aromatic nitrogens is 5. The molecule has 0 saturated heterocycles. The molecule has 7 nitrogen and oxygen atoms in total. The fourth-order valence-corrected chi connectivity index (χ4v) is 2.75. The Morgan fingerprint density at radius 2 is 2.15 bits per heavy atom. The van der Waals surface area contributed by atoms with Crippen molar-refractivity contribution in [3.05, 3.63) is 77.2 Å². The topological polar surface area (TPSA) is 77.1 Å². The van der Waals surface area contributed by atoms with E-state index in [1.165, 1.54) is 29.0 Å². The van der Waals surface area contributed by atoms with Crippen molar-refractivity contribution in [1.82, 2.24) is 24.4 Å². The molecule has 1 aromatic carbocycles. The average molecular weight is 371 g/mol. The minimum Gasteiger partial charge on any atom is -0.319 e. The molecule has 0 saturated carbocycles. The molecule has 0 bridgehead atoms. The SMILES string of the molecule is O=C(Nc1cnn(Cc2ccc(F)cc2Cl)c1)c1cnn2cccnc12. The predicted molar refractivity (Wildman–Crippen MR) is 93.7 cm³/mol. The number of halogens is 2. The number of carbonyl (C=O) groups excluding carboxylic acids is 1. The number of fused-ring (bicyclic) bond motifs is 1. The molecule has 1 amide bonds. The van der Waals surface area contributed by atoms with Gasteiger partial charge in [0, 0.05) is 23.6 Å². The van der Waals surface area contributed by atoms with Gasteiger partial charge in [0.2, 0.25) is 0 Å². The van der Waals surface area contributed by atoms with E-state index in [1.807, 2.05) is 0 Å². The van der Waals surface area contributed by atoms with Crippen LogP contribution in [0.15, 0.2) is 55.2 Å². The molecule has 0 spiro atoms. The van der Waals surface area contributed by atoms with E-state index in [0.717, 1.165) is 5.56 Å². The third-order valence-electron chi connectivity index (χ3n) is 3.76. The molecule has 26 heavy (non-hydrogen) atoms. The van der Waals surface area contributed by atoms with Gasteiger partial charge in [0.15, 0.2) is 5.65 Å². The molecule has 0 aliphatic rings. The first-order chi connectivity index (χ1) is 12.6.